The highest BCUT2D eigenvalue weighted by Crippen LogP contribution is 2.04. The number of hydrogen-bond acceptors (Lipinski definition) is 3. The van der Waals surface area contributed by atoms with Gasteiger partial charge in [-0.1, -0.05) is 0 Å². The largest absolute Gasteiger partial charge is 0.370 e. The lowest BCUT2D eigenvalue weighted by Crippen LogP contribution is -2.56. The Kier molecular flexibility index (Phi) is 2.24. The molecule has 0 aromatic carbocycles. The van der Waals surface area contributed by atoms with Crippen molar-refractivity contribution in [1.82, 2.24) is 4.90 Å². The van der Waals surface area contributed by atoms with Crippen molar-refractivity contribution in [1.29, 1.82) is 0 Å². The molecule has 0 saturated carbocycles. The van der Waals surface area contributed by atoms with Gasteiger partial charge in [-0.2, -0.15) is 0 Å². The fourth-order valence-corrected chi connectivity index (χ4v) is 1.06. The molecule has 0 spiro atoms. The highest BCUT2D eigenvalue weighted by Gasteiger charge is 2.22. The van der Waals surface area contributed by atoms with Crippen LogP contribution in [0.4, 0.5) is 0 Å². The van der Waals surface area contributed by atoms with E-state index in [0.717, 1.165) is 19.6 Å². The van der Waals surface area contributed by atoms with E-state index in [0.29, 0.717) is 12.5 Å². The Morgan fingerprint density at radius 3 is 2.60 bits per heavy atom. The normalized spacial score (nSPS) is 20.5. The number of rotatable bonds is 3. The molecule has 1 aliphatic rings. The summed E-state index contributed by atoms with van der Waals surface area (Å²) in [6, 6.07) is 0.313. The predicted molar refractivity (Wildman–Crippen MR) is 38.2 cm³/mol. The van der Waals surface area contributed by atoms with Crippen LogP contribution in [-0.2, 0) is 4.79 Å². The molecule has 4 N–H and O–H groups in total. The summed E-state index contributed by atoms with van der Waals surface area (Å²) in [6.45, 7) is 2.59. The minimum absolute atomic E-state index is 0.236. The lowest BCUT2D eigenvalue weighted by Gasteiger charge is -2.36. The summed E-state index contributed by atoms with van der Waals surface area (Å²) in [4.78, 5) is 12.4. The highest BCUT2D eigenvalue weighted by molar-refractivity contribution is 5.73. The topological polar surface area (TPSA) is 72.4 Å². The predicted octanol–water partition coefficient (Wildman–Crippen LogP) is -1.50. The van der Waals surface area contributed by atoms with Crippen LogP contribution < -0.4 is 11.5 Å². The molecule has 0 unspecified atom stereocenters. The molecule has 0 aliphatic carbocycles. The molecule has 1 heterocycles. The van der Waals surface area contributed by atoms with Gasteiger partial charge >= 0.3 is 0 Å². The molecule has 0 bridgehead atoms. The highest BCUT2D eigenvalue weighted by atomic mass is 16.1. The summed E-state index contributed by atoms with van der Waals surface area (Å²) < 4.78 is 0. The summed E-state index contributed by atoms with van der Waals surface area (Å²) in [5, 5.41) is 0. The molecule has 4 nitrogen and oxygen atoms in total. The Morgan fingerprint density at radius 1 is 1.60 bits per heavy atom. The van der Waals surface area contributed by atoms with Gasteiger partial charge in [0, 0.05) is 32.1 Å². The van der Waals surface area contributed by atoms with Crippen molar-refractivity contribution in [2.75, 3.05) is 19.6 Å². The number of nitrogens with two attached hydrogens (primary N) is 2. The second-order valence-corrected chi connectivity index (χ2v) is 2.74. The number of nitrogens with zero attached hydrogens (tertiary/aromatic N) is 1. The zero-order valence-electron chi connectivity index (χ0n) is 5.92. The Hall–Kier alpha value is -0.610. The van der Waals surface area contributed by atoms with Crippen molar-refractivity contribution in [3.63, 3.8) is 0 Å². The molecule has 1 amide bonds. The molecule has 0 aromatic rings. The Balaban J connectivity index is 2.00. The summed E-state index contributed by atoms with van der Waals surface area (Å²) in [5.41, 5.74) is 10.5. The molecule has 0 radical (unpaired) electrons. The van der Waals surface area contributed by atoms with Gasteiger partial charge in [-0.25, -0.2) is 0 Å². The summed E-state index contributed by atoms with van der Waals surface area (Å²) >= 11 is 0. The monoisotopic (exact) mass is 143 g/mol. The molecule has 0 atom stereocenters. The average molecular weight is 143 g/mol. The summed E-state index contributed by atoms with van der Waals surface area (Å²) in [7, 11) is 0. The zero-order valence-corrected chi connectivity index (χ0v) is 5.92. The quantitative estimate of drug-likeness (QED) is 0.505. The van der Waals surface area contributed by atoms with Gasteiger partial charge in [-0.15, -0.1) is 0 Å². The molecule has 1 saturated heterocycles. The molecular formula is C6H13N3O. The Bertz CT molecular complexity index is 131. The number of amides is 1. The van der Waals surface area contributed by atoms with Crippen molar-refractivity contribution in [3.05, 3.63) is 0 Å². The van der Waals surface area contributed by atoms with E-state index >= 15 is 0 Å². The van der Waals surface area contributed by atoms with Gasteiger partial charge in [0.25, 0.3) is 0 Å². The lowest BCUT2D eigenvalue weighted by molar-refractivity contribution is -0.118. The first kappa shape index (κ1) is 7.50. The van der Waals surface area contributed by atoms with Gasteiger partial charge in [0.05, 0.1) is 0 Å². The van der Waals surface area contributed by atoms with Crippen molar-refractivity contribution in [2.24, 2.45) is 11.5 Å². The minimum atomic E-state index is -0.236. The molecule has 10 heavy (non-hydrogen) atoms. The molecule has 4 heteroatoms. The van der Waals surface area contributed by atoms with Crippen LogP contribution in [0, 0.1) is 0 Å². The van der Waals surface area contributed by atoms with E-state index in [4.69, 9.17) is 11.5 Å². The van der Waals surface area contributed by atoms with Crippen LogP contribution in [0.2, 0.25) is 0 Å². The third-order valence-corrected chi connectivity index (χ3v) is 1.66. The van der Waals surface area contributed by atoms with Gasteiger partial charge in [0.1, 0.15) is 0 Å². The summed E-state index contributed by atoms with van der Waals surface area (Å²) in [5.74, 6) is -0.236. The van der Waals surface area contributed by atoms with Crippen LogP contribution in [0.3, 0.4) is 0 Å². The fraction of sp³-hybridized carbons (Fsp3) is 0.833. The van der Waals surface area contributed by atoms with Gasteiger partial charge in [0.2, 0.25) is 5.91 Å². The second kappa shape index (κ2) is 2.98. The van der Waals surface area contributed by atoms with Crippen LogP contribution in [0.15, 0.2) is 0 Å². The van der Waals surface area contributed by atoms with E-state index in [2.05, 4.69) is 4.90 Å². The van der Waals surface area contributed by atoms with Crippen molar-refractivity contribution in [2.45, 2.75) is 12.5 Å². The van der Waals surface area contributed by atoms with E-state index in [-0.39, 0.29) is 5.91 Å². The third kappa shape index (κ3) is 1.97. The molecular weight excluding hydrogens is 130 g/mol. The standard InChI is InChI=1S/C6H13N3O/c7-5-3-9(4-5)2-1-6(8)10/h5H,1-4,7H2,(H2,8,10). The van der Waals surface area contributed by atoms with E-state index in [9.17, 15) is 4.79 Å². The van der Waals surface area contributed by atoms with E-state index in [1.54, 1.807) is 0 Å². The minimum Gasteiger partial charge on any atom is -0.370 e. The third-order valence-electron chi connectivity index (χ3n) is 1.66. The SMILES string of the molecule is NC(=O)CCN1CC(N)C1. The zero-order chi connectivity index (χ0) is 7.56. The Labute approximate surface area is 60.2 Å². The fourth-order valence-electron chi connectivity index (χ4n) is 1.06. The van der Waals surface area contributed by atoms with Crippen LogP contribution in [0.25, 0.3) is 0 Å². The summed E-state index contributed by atoms with van der Waals surface area (Å²) in [6.07, 6.45) is 0.451. The van der Waals surface area contributed by atoms with Crippen molar-refractivity contribution in [3.8, 4) is 0 Å². The molecule has 1 aliphatic heterocycles. The number of primary amides is 1. The average Bonchev–Trinajstić information content (AvgIpc) is 1.77. The van der Waals surface area contributed by atoms with Gasteiger partial charge in [0.15, 0.2) is 0 Å². The number of carbonyl (C=O) groups excluding carboxylic acids is 1. The maximum Gasteiger partial charge on any atom is 0.218 e. The van der Waals surface area contributed by atoms with Gasteiger partial charge in [-0.05, 0) is 0 Å². The van der Waals surface area contributed by atoms with E-state index in [1.165, 1.54) is 0 Å². The van der Waals surface area contributed by atoms with Crippen molar-refractivity contribution < 1.29 is 4.79 Å². The number of likely N-dealkylation sites (tertiary alicyclic amines) is 1. The van der Waals surface area contributed by atoms with Gasteiger partial charge in [-0.3, -0.25) is 9.69 Å². The first-order chi connectivity index (χ1) is 4.68. The van der Waals surface area contributed by atoms with Crippen LogP contribution in [0.1, 0.15) is 6.42 Å². The number of carbonyl (C=O) groups is 1. The van der Waals surface area contributed by atoms with Crippen molar-refractivity contribution >= 4 is 5.91 Å². The van der Waals surface area contributed by atoms with Crippen LogP contribution in [-0.4, -0.2) is 36.5 Å². The molecule has 1 fully saturated rings. The Morgan fingerprint density at radius 2 is 2.20 bits per heavy atom. The lowest BCUT2D eigenvalue weighted by atomic mass is 10.1. The maximum atomic E-state index is 10.3. The van der Waals surface area contributed by atoms with E-state index < -0.39 is 0 Å². The maximum absolute atomic E-state index is 10.3. The van der Waals surface area contributed by atoms with E-state index in [1.807, 2.05) is 0 Å². The first-order valence-corrected chi connectivity index (χ1v) is 3.44. The first-order valence-electron chi connectivity index (χ1n) is 3.44. The molecule has 58 valence electrons. The number of hydrogen-bond donors (Lipinski definition) is 2. The molecule has 1 rings (SSSR count). The smallest absolute Gasteiger partial charge is 0.218 e. The molecule has 0 aromatic heterocycles. The van der Waals surface area contributed by atoms with Gasteiger partial charge < -0.3 is 11.5 Å². The second-order valence-electron chi connectivity index (χ2n) is 2.74. The van der Waals surface area contributed by atoms with Crippen LogP contribution in [0.5, 0.6) is 0 Å². The van der Waals surface area contributed by atoms with Crippen LogP contribution >= 0.6 is 0 Å².